The molecular weight excluding hydrogens is 286 g/mol. The molecule has 0 unspecified atom stereocenters. The van der Waals surface area contributed by atoms with E-state index in [1.54, 1.807) is 0 Å². The first kappa shape index (κ1) is 11.9. The predicted octanol–water partition coefficient (Wildman–Crippen LogP) is 4.25. The van der Waals surface area contributed by atoms with Gasteiger partial charge in [0.1, 0.15) is 0 Å². The van der Waals surface area contributed by atoms with Crippen molar-refractivity contribution in [3.8, 4) is 0 Å². The molecule has 0 saturated heterocycles. The minimum absolute atomic E-state index is 0.481. The van der Waals surface area contributed by atoms with Crippen LogP contribution < -0.4 is 5.32 Å². The normalized spacial score (nSPS) is 21.9. The molecule has 1 aliphatic rings. The molecule has 1 nitrogen and oxygen atoms in total. The van der Waals surface area contributed by atoms with Gasteiger partial charge in [0.15, 0.2) is 0 Å². The Balaban J connectivity index is 2.02. The maximum Gasteiger partial charge on any atom is 0.0329 e. The average Bonchev–Trinajstić information content (AvgIpc) is 2.79. The van der Waals surface area contributed by atoms with Crippen LogP contribution in [0, 0.1) is 0 Å². The summed E-state index contributed by atoms with van der Waals surface area (Å²) in [5.74, 6) is 0.520. The third-order valence-corrected chi connectivity index (χ3v) is 4.37. The van der Waals surface area contributed by atoms with E-state index < -0.39 is 0 Å². The fraction of sp³-hybridized carbons (Fsp3) is 0.250. The molecule has 1 aliphatic carbocycles. The van der Waals surface area contributed by atoms with E-state index in [2.05, 4.69) is 69.8 Å². The van der Waals surface area contributed by atoms with Crippen molar-refractivity contribution in [2.75, 3.05) is 7.05 Å². The summed E-state index contributed by atoms with van der Waals surface area (Å²) in [5.41, 5.74) is 4.33. The zero-order valence-electron chi connectivity index (χ0n) is 10.4. The molecule has 0 aromatic heterocycles. The van der Waals surface area contributed by atoms with Gasteiger partial charge in [0.05, 0.1) is 0 Å². The highest BCUT2D eigenvalue weighted by Gasteiger charge is 2.30. The van der Waals surface area contributed by atoms with Crippen molar-refractivity contribution in [3.05, 3.63) is 69.7 Å². The lowest BCUT2D eigenvalue weighted by Gasteiger charge is -2.12. The highest BCUT2D eigenvalue weighted by molar-refractivity contribution is 9.10. The molecule has 0 amide bonds. The number of fused-ring (bicyclic) bond motifs is 1. The van der Waals surface area contributed by atoms with Gasteiger partial charge in [-0.1, -0.05) is 52.3 Å². The first-order chi connectivity index (χ1) is 8.79. The molecule has 0 spiro atoms. The highest BCUT2D eigenvalue weighted by atomic mass is 79.9. The molecule has 2 atom stereocenters. The van der Waals surface area contributed by atoms with E-state index in [4.69, 9.17) is 0 Å². The van der Waals surface area contributed by atoms with Crippen molar-refractivity contribution >= 4 is 15.9 Å². The third kappa shape index (κ3) is 2.00. The van der Waals surface area contributed by atoms with Crippen molar-refractivity contribution < 1.29 is 0 Å². The zero-order valence-corrected chi connectivity index (χ0v) is 11.9. The zero-order chi connectivity index (χ0) is 12.5. The SMILES string of the molecule is CN[C@@H]1C[C@@H](c2ccc(Br)cc2)c2ccccc21. The lowest BCUT2D eigenvalue weighted by molar-refractivity contribution is 0.564. The minimum atomic E-state index is 0.481. The Kier molecular flexibility index (Phi) is 3.23. The van der Waals surface area contributed by atoms with Gasteiger partial charge < -0.3 is 5.32 Å². The van der Waals surface area contributed by atoms with Crippen molar-refractivity contribution in [3.63, 3.8) is 0 Å². The van der Waals surface area contributed by atoms with Crippen LogP contribution in [0.3, 0.4) is 0 Å². The second kappa shape index (κ2) is 4.87. The number of hydrogen-bond acceptors (Lipinski definition) is 1. The van der Waals surface area contributed by atoms with Crippen LogP contribution in [0.4, 0.5) is 0 Å². The Hall–Kier alpha value is -1.12. The topological polar surface area (TPSA) is 12.0 Å². The monoisotopic (exact) mass is 301 g/mol. The van der Waals surface area contributed by atoms with Crippen LogP contribution in [-0.2, 0) is 0 Å². The van der Waals surface area contributed by atoms with Gasteiger partial charge in [0.25, 0.3) is 0 Å². The number of nitrogens with one attached hydrogen (secondary N) is 1. The van der Waals surface area contributed by atoms with Gasteiger partial charge >= 0.3 is 0 Å². The third-order valence-electron chi connectivity index (χ3n) is 3.84. The van der Waals surface area contributed by atoms with Gasteiger partial charge in [-0.05, 0) is 42.3 Å². The van der Waals surface area contributed by atoms with E-state index in [0.717, 1.165) is 10.9 Å². The molecule has 2 aromatic rings. The summed E-state index contributed by atoms with van der Waals surface area (Å²) in [7, 11) is 2.05. The summed E-state index contributed by atoms with van der Waals surface area (Å²) < 4.78 is 1.14. The maximum absolute atomic E-state index is 3.50. The van der Waals surface area contributed by atoms with Gasteiger partial charge in [-0.2, -0.15) is 0 Å². The molecule has 1 N–H and O–H groups in total. The summed E-state index contributed by atoms with van der Waals surface area (Å²) in [6, 6.07) is 18.0. The molecule has 0 fully saturated rings. The molecule has 0 radical (unpaired) electrons. The van der Waals surface area contributed by atoms with Crippen LogP contribution in [-0.4, -0.2) is 7.05 Å². The molecule has 0 bridgehead atoms. The Morgan fingerprint density at radius 3 is 2.33 bits per heavy atom. The quantitative estimate of drug-likeness (QED) is 0.874. The van der Waals surface area contributed by atoms with Gasteiger partial charge in [0.2, 0.25) is 0 Å². The molecule has 2 aromatic carbocycles. The molecular formula is C16H16BrN. The standard InChI is InChI=1S/C16H16BrN/c1-18-16-10-15(11-6-8-12(17)9-7-11)13-4-2-3-5-14(13)16/h2-9,15-16,18H,10H2,1H3/t15-,16+/m0/s1. The van der Waals surface area contributed by atoms with E-state index in [1.807, 2.05) is 7.05 Å². The Morgan fingerprint density at radius 2 is 1.67 bits per heavy atom. The van der Waals surface area contributed by atoms with Crippen LogP contribution in [0.25, 0.3) is 0 Å². The number of hydrogen-bond donors (Lipinski definition) is 1. The highest BCUT2D eigenvalue weighted by Crippen LogP contribution is 2.43. The first-order valence-electron chi connectivity index (χ1n) is 6.31. The number of benzene rings is 2. The summed E-state index contributed by atoms with van der Waals surface area (Å²) in [5, 5.41) is 3.42. The van der Waals surface area contributed by atoms with Crippen LogP contribution in [0.1, 0.15) is 35.1 Å². The molecule has 0 saturated carbocycles. The van der Waals surface area contributed by atoms with E-state index in [-0.39, 0.29) is 0 Å². The van der Waals surface area contributed by atoms with E-state index in [9.17, 15) is 0 Å². The molecule has 18 heavy (non-hydrogen) atoms. The summed E-state index contributed by atoms with van der Waals surface area (Å²) in [4.78, 5) is 0. The lowest BCUT2D eigenvalue weighted by atomic mass is 9.93. The first-order valence-corrected chi connectivity index (χ1v) is 7.10. The second-order valence-corrected chi connectivity index (χ2v) is 5.73. The Morgan fingerprint density at radius 1 is 1.00 bits per heavy atom. The van der Waals surface area contributed by atoms with Crippen molar-refractivity contribution in [1.29, 1.82) is 0 Å². The summed E-state index contributed by atoms with van der Waals surface area (Å²) in [6.45, 7) is 0. The van der Waals surface area contributed by atoms with E-state index in [1.165, 1.54) is 16.7 Å². The summed E-state index contributed by atoms with van der Waals surface area (Å²) >= 11 is 3.50. The van der Waals surface area contributed by atoms with Gasteiger partial charge in [-0.25, -0.2) is 0 Å². The van der Waals surface area contributed by atoms with Crippen molar-refractivity contribution in [2.24, 2.45) is 0 Å². The average molecular weight is 302 g/mol. The van der Waals surface area contributed by atoms with Gasteiger partial charge in [0, 0.05) is 16.4 Å². The van der Waals surface area contributed by atoms with Gasteiger partial charge in [-0.15, -0.1) is 0 Å². The molecule has 0 aliphatic heterocycles. The van der Waals surface area contributed by atoms with Crippen molar-refractivity contribution in [2.45, 2.75) is 18.4 Å². The van der Waals surface area contributed by atoms with Crippen LogP contribution in [0.15, 0.2) is 53.0 Å². The molecule has 92 valence electrons. The Bertz CT molecular complexity index is 547. The van der Waals surface area contributed by atoms with Crippen LogP contribution in [0.2, 0.25) is 0 Å². The summed E-state index contributed by atoms with van der Waals surface area (Å²) in [6.07, 6.45) is 1.15. The molecule has 3 rings (SSSR count). The molecule has 2 heteroatoms. The smallest absolute Gasteiger partial charge is 0.0329 e. The maximum atomic E-state index is 3.50. The molecule has 0 heterocycles. The number of rotatable bonds is 2. The number of halogens is 1. The van der Waals surface area contributed by atoms with Crippen LogP contribution >= 0.6 is 15.9 Å². The van der Waals surface area contributed by atoms with E-state index >= 15 is 0 Å². The Labute approximate surface area is 116 Å². The fourth-order valence-electron chi connectivity index (χ4n) is 2.92. The van der Waals surface area contributed by atoms with Crippen molar-refractivity contribution in [1.82, 2.24) is 5.32 Å². The predicted molar refractivity (Wildman–Crippen MR) is 78.8 cm³/mol. The second-order valence-electron chi connectivity index (χ2n) is 4.81. The fourth-order valence-corrected chi connectivity index (χ4v) is 3.18. The minimum Gasteiger partial charge on any atom is -0.313 e. The van der Waals surface area contributed by atoms with E-state index in [0.29, 0.717) is 12.0 Å². The largest absolute Gasteiger partial charge is 0.313 e. The lowest BCUT2D eigenvalue weighted by Crippen LogP contribution is -2.13. The van der Waals surface area contributed by atoms with Gasteiger partial charge in [-0.3, -0.25) is 0 Å². The van der Waals surface area contributed by atoms with Crippen LogP contribution in [0.5, 0.6) is 0 Å².